The van der Waals surface area contributed by atoms with Crippen LogP contribution in [0.4, 0.5) is 0 Å². The Morgan fingerprint density at radius 2 is 0.550 bits per heavy atom. The molecule has 0 aliphatic carbocycles. The van der Waals surface area contributed by atoms with Gasteiger partial charge in [0, 0.05) is 60.3 Å². The van der Waals surface area contributed by atoms with Crippen LogP contribution in [0.1, 0.15) is 11.1 Å². The van der Waals surface area contributed by atoms with Crippen LogP contribution in [0.5, 0.6) is 0 Å². The molecule has 0 bridgehead atoms. The number of nitrogens with zero attached hydrogens (tertiary/aromatic N) is 8. The molecule has 0 saturated heterocycles. The van der Waals surface area contributed by atoms with E-state index in [1.165, 1.54) is 0 Å². The van der Waals surface area contributed by atoms with Crippen LogP contribution in [0.15, 0.2) is 376 Å². The fraction of sp³-hybridized carbons (Fsp3) is 0. The highest BCUT2D eigenvalue weighted by Crippen LogP contribution is 2.47. The van der Waals surface area contributed by atoms with Crippen molar-refractivity contribution in [2.45, 2.75) is 0 Å². The molecule has 109 heavy (non-hydrogen) atoms. The van der Waals surface area contributed by atoms with Gasteiger partial charge in [0.1, 0.15) is 6.07 Å². The third-order valence-electron chi connectivity index (χ3n) is 21.4. The molecule has 0 aliphatic heterocycles. The van der Waals surface area contributed by atoms with E-state index in [4.69, 9.17) is 15.0 Å². The highest BCUT2D eigenvalue weighted by atomic mass is 15.1. The van der Waals surface area contributed by atoms with Crippen LogP contribution in [0.2, 0.25) is 0 Å². The molecule has 20 rings (SSSR count). The molecular weight excluding hydrogens is 1330 g/mol. The van der Waals surface area contributed by atoms with Crippen molar-refractivity contribution in [1.29, 1.82) is 10.5 Å². The van der Waals surface area contributed by atoms with Crippen molar-refractivity contribution in [2.75, 3.05) is 0 Å². The van der Waals surface area contributed by atoms with Crippen molar-refractivity contribution in [2.24, 2.45) is 0 Å². The number of hydrogen-bond donors (Lipinski definition) is 0. The van der Waals surface area contributed by atoms with Gasteiger partial charge < -0.3 is 13.7 Å². The van der Waals surface area contributed by atoms with Gasteiger partial charge in [0.15, 0.2) is 17.5 Å². The molecule has 8 heteroatoms. The number of para-hydroxylation sites is 1. The lowest BCUT2D eigenvalue weighted by Crippen LogP contribution is -2.06. The zero-order valence-corrected chi connectivity index (χ0v) is 58.9. The van der Waals surface area contributed by atoms with Crippen molar-refractivity contribution in [1.82, 2.24) is 28.7 Å². The van der Waals surface area contributed by atoms with E-state index in [9.17, 15) is 10.5 Å². The molecule has 20 aromatic rings. The number of nitriles is 2. The molecule has 506 valence electrons. The van der Waals surface area contributed by atoms with Crippen molar-refractivity contribution in [3.05, 3.63) is 387 Å². The van der Waals surface area contributed by atoms with Crippen molar-refractivity contribution in [3.63, 3.8) is 0 Å². The molecule has 4 heterocycles. The van der Waals surface area contributed by atoms with E-state index in [1.54, 1.807) is 0 Å². The molecule has 0 spiro atoms. The van der Waals surface area contributed by atoms with E-state index < -0.39 is 0 Å². The van der Waals surface area contributed by atoms with Gasteiger partial charge in [-0.05, 0) is 188 Å². The summed E-state index contributed by atoms with van der Waals surface area (Å²) in [5.74, 6) is 1.19. The Hall–Kier alpha value is -15.1. The largest absolute Gasteiger partial charge is 0.309 e. The zero-order chi connectivity index (χ0) is 72.5. The van der Waals surface area contributed by atoms with Crippen LogP contribution in [0.25, 0.3) is 195 Å². The number of hydrogen-bond acceptors (Lipinski definition) is 5. The molecule has 0 unspecified atom stereocenters. The minimum absolute atomic E-state index is 0.366. The Labute approximate surface area is 629 Å². The molecule has 0 saturated carbocycles. The Kier molecular flexibility index (Phi) is 15.5. The van der Waals surface area contributed by atoms with Gasteiger partial charge in [-0.2, -0.15) is 10.5 Å². The fourth-order valence-corrected chi connectivity index (χ4v) is 16.2. The van der Waals surface area contributed by atoms with E-state index in [0.717, 1.165) is 160 Å². The SMILES string of the molecule is N#Cc1ccc(-n2c3ccc(-c4ccccc4)cc3c3cc(-c4ccccc4)ccc32)c(-c2nc(-c3ccccc3)nc(-c3ccc(-n4c5ccc(-c6ccccc6)cc5c5cc(-c6ccccc6)ccc54)cc3-c3cccc(C#N)c3-n3c4ccc(-c5ccccc5)cc4c4cc(-c5ccccc5)ccc43)n2)c1. The standard InChI is InChI=1S/C101H62N8/c102-63-65-39-48-97(108-93-51-42-75(68-27-12-3-13-28-68)58-86(93)87-59-76(43-52-94(87)108)69-29-14-4-15-30-69)90(55-65)101-105-99(72-35-20-7-21-36-72)104-100(106-101)82-47-46-80(107-91-49-40-73(66-23-8-1-9-24-66)56-84(91)85-57-74(41-50-92(85)107)67-25-10-2-11-26-67)62-83(82)81-38-22-37-79(64-103)98(81)109-95-53-44-77(70-31-16-5-17-32-70)60-88(95)89-61-78(45-54-96(89)109)71-33-18-6-19-34-71/h1-62H. The summed E-state index contributed by atoms with van der Waals surface area (Å²) in [6.45, 7) is 0. The predicted molar refractivity (Wildman–Crippen MR) is 447 cm³/mol. The second-order valence-corrected chi connectivity index (χ2v) is 27.7. The molecule has 0 radical (unpaired) electrons. The first-order valence-electron chi connectivity index (χ1n) is 36.6. The zero-order valence-electron chi connectivity index (χ0n) is 58.9. The molecule has 0 aliphatic rings. The number of aromatic nitrogens is 6. The van der Waals surface area contributed by atoms with E-state index in [0.29, 0.717) is 45.4 Å². The molecule has 0 fully saturated rings. The van der Waals surface area contributed by atoms with Gasteiger partial charge in [-0.3, -0.25) is 0 Å². The van der Waals surface area contributed by atoms with Crippen LogP contribution in [-0.4, -0.2) is 28.7 Å². The smallest absolute Gasteiger partial charge is 0.166 e. The maximum Gasteiger partial charge on any atom is 0.166 e. The van der Waals surface area contributed by atoms with Crippen LogP contribution in [0.3, 0.4) is 0 Å². The van der Waals surface area contributed by atoms with E-state index >= 15 is 0 Å². The van der Waals surface area contributed by atoms with Crippen LogP contribution in [-0.2, 0) is 0 Å². The normalized spacial score (nSPS) is 11.5. The monoisotopic (exact) mass is 1390 g/mol. The van der Waals surface area contributed by atoms with Gasteiger partial charge in [0.05, 0.1) is 61.7 Å². The van der Waals surface area contributed by atoms with Crippen LogP contribution >= 0.6 is 0 Å². The third kappa shape index (κ3) is 11.1. The molecule has 0 N–H and O–H groups in total. The molecule has 0 amide bonds. The first kappa shape index (κ1) is 63.6. The number of fused-ring (bicyclic) bond motifs is 9. The maximum atomic E-state index is 11.9. The van der Waals surface area contributed by atoms with Crippen molar-refractivity contribution >= 4 is 65.4 Å². The lowest BCUT2D eigenvalue weighted by atomic mass is 9.94. The Morgan fingerprint density at radius 3 is 0.917 bits per heavy atom. The minimum Gasteiger partial charge on any atom is -0.309 e. The van der Waals surface area contributed by atoms with Gasteiger partial charge in [-0.25, -0.2) is 15.0 Å². The maximum absolute atomic E-state index is 11.9. The van der Waals surface area contributed by atoms with E-state index in [2.05, 4.69) is 317 Å². The van der Waals surface area contributed by atoms with Crippen molar-refractivity contribution < 1.29 is 0 Å². The highest BCUT2D eigenvalue weighted by Gasteiger charge is 2.27. The average molecular weight is 1390 g/mol. The molecular formula is C101H62N8. The van der Waals surface area contributed by atoms with E-state index in [-0.39, 0.29) is 0 Å². The second-order valence-electron chi connectivity index (χ2n) is 27.7. The van der Waals surface area contributed by atoms with Crippen LogP contribution < -0.4 is 0 Å². The van der Waals surface area contributed by atoms with Gasteiger partial charge >= 0.3 is 0 Å². The molecule has 16 aromatic carbocycles. The average Bonchev–Trinajstić information content (AvgIpc) is 1.66. The molecule has 0 atom stereocenters. The minimum atomic E-state index is 0.366. The summed E-state index contributed by atoms with van der Waals surface area (Å²) >= 11 is 0. The molecule has 8 nitrogen and oxygen atoms in total. The number of rotatable bonds is 13. The summed E-state index contributed by atoms with van der Waals surface area (Å²) in [6.07, 6.45) is 0. The summed E-state index contributed by atoms with van der Waals surface area (Å²) in [7, 11) is 0. The lowest BCUT2D eigenvalue weighted by Gasteiger charge is -2.20. The van der Waals surface area contributed by atoms with Gasteiger partial charge in [0.2, 0.25) is 0 Å². The number of benzene rings is 16. The summed E-state index contributed by atoms with van der Waals surface area (Å²) in [5, 5.41) is 29.3. The highest BCUT2D eigenvalue weighted by molar-refractivity contribution is 6.15. The first-order chi connectivity index (χ1) is 53.9. The van der Waals surface area contributed by atoms with Gasteiger partial charge in [0.25, 0.3) is 0 Å². The summed E-state index contributed by atoms with van der Waals surface area (Å²) < 4.78 is 6.96. The Morgan fingerprint density at radius 1 is 0.211 bits per heavy atom. The quantitative estimate of drug-likeness (QED) is 0.114. The predicted octanol–water partition coefficient (Wildman–Crippen LogP) is 25.6. The Balaban J connectivity index is 0.868. The van der Waals surface area contributed by atoms with Crippen LogP contribution in [0, 0.1) is 22.7 Å². The van der Waals surface area contributed by atoms with E-state index in [1.807, 2.05) is 84.9 Å². The lowest BCUT2D eigenvalue weighted by molar-refractivity contribution is 1.06. The fourth-order valence-electron chi connectivity index (χ4n) is 16.2. The third-order valence-corrected chi connectivity index (χ3v) is 21.4. The second kappa shape index (κ2) is 26.6. The Bertz CT molecular complexity index is 6780. The van der Waals surface area contributed by atoms with Gasteiger partial charge in [-0.15, -0.1) is 0 Å². The summed E-state index contributed by atoms with van der Waals surface area (Å²) in [6, 6.07) is 137. The molecule has 4 aromatic heterocycles. The van der Waals surface area contributed by atoms with Gasteiger partial charge in [-0.1, -0.05) is 261 Å². The summed E-state index contributed by atoms with van der Waals surface area (Å²) in [4.78, 5) is 16.9. The summed E-state index contributed by atoms with van der Waals surface area (Å²) in [5.41, 5.74) is 26.0. The van der Waals surface area contributed by atoms with Crippen molar-refractivity contribution in [3.8, 4) is 141 Å². The topological polar surface area (TPSA) is 101 Å². The first-order valence-corrected chi connectivity index (χ1v) is 36.6.